The molecule has 0 aliphatic heterocycles. The standard InChI is InChI=1S/C14H21NO4/c1-3-18-12-7-5-11(6-8-12)13(15)9-17-10-14(16)19-4-2/h5-8,13H,3-4,9-10,15H2,1-2H3. The molecular weight excluding hydrogens is 246 g/mol. The second kappa shape index (κ2) is 8.50. The number of hydrogen-bond donors (Lipinski definition) is 1. The van der Waals surface area contributed by atoms with E-state index in [1.165, 1.54) is 0 Å². The third-order valence-electron chi connectivity index (χ3n) is 2.44. The zero-order chi connectivity index (χ0) is 14.1. The van der Waals surface area contributed by atoms with Crippen molar-refractivity contribution >= 4 is 5.97 Å². The molecule has 0 saturated carbocycles. The Kier molecular flexibility index (Phi) is 6.92. The zero-order valence-corrected chi connectivity index (χ0v) is 11.4. The van der Waals surface area contributed by atoms with Crippen molar-refractivity contribution < 1.29 is 19.0 Å². The lowest BCUT2D eigenvalue weighted by Crippen LogP contribution is -2.20. The molecule has 0 saturated heterocycles. The van der Waals surface area contributed by atoms with E-state index in [9.17, 15) is 4.79 Å². The molecule has 0 aliphatic carbocycles. The largest absolute Gasteiger partial charge is 0.494 e. The quantitative estimate of drug-likeness (QED) is 0.725. The summed E-state index contributed by atoms with van der Waals surface area (Å²) in [5.41, 5.74) is 6.90. The van der Waals surface area contributed by atoms with Crippen molar-refractivity contribution in [3.05, 3.63) is 29.8 Å². The average molecular weight is 267 g/mol. The Morgan fingerprint density at radius 2 is 1.89 bits per heavy atom. The fourth-order valence-corrected chi connectivity index (χ4v) is 1.55. The normalized spacial score (nSPS) is 11.9. The summed E-state index contributed by atoms with van der Waals surface area (Å²) in [5, 5.41) is 0. The van der Waals surface area contributed by atoms with Crippen LogP contribution in [0.1, 0.15) is 25.5 Å². The van der Waals surface area contributed by atoms with Crippen molar-refractivity contribution in [2.24, 2.45) is 5.73 Å². The van der Waals surface area contributed by atoms with E-state index in [-0.39, 0.29) is 25.2 Å². The minimum absolute atomic E-state index is 0.0709. The number of ether oxygens (including phenoxy) is 3. The van der Waals surface area contributed by atoms with Gasteiger partial charge in [-0.2, -0.15) is 0 Å². The smallest absolute Gasteiger partial charge is 0.332 e. The first kappa shape index (κ1) is 15.5. The molecule has 0 bridgehead atoms. The van der Waals surface area contributed by atoms with Crippen molar-refractivity contribution in [2.75, 3.05) is 26.4 Å². The molecule has 106 valence electrons. The van der Waals surface area contributed by atoms with Crippen LogP contribution in [-0.4, -0.2) is 32.4 Å². The van der Waals surface area contributed by atoms with Crippen molar-refractivity contribution in [1.29, 1.82) is 0 Å². The highest BCUT2D eigenvalue weighted by atomic mass is 16.6. The first-order valence-electron chi connectivity index (χ1n) is 6.39. The van der Waals surface area contributed by atoms with Gasteiger partial charge < -0.3 is 19.9 Å². The minimum Gasteiger partial charge on any atom is -0.494 e. The van der Waals surface area contributed by atoms with Gasteiger partial charge in [-0.3, -0.25) is 0 Å². The van der Waals surface area contributed by atoms with Gasteiger partial charge in [0.2, 0.25) is 0 Å². The summed E-state index contributed by atoms with van der Waals surface area (Å²) in [6, 6.07) is 7.24. The number of esters is 1. The van der Waals surface area contributed by atoms with Gasteiger partial charge in [-0.25, -0.2) is 4.79 Å². The molecule has 5 heteroatoms. The maximum atomic E-state index is 11.1. The zero-order valence-electron chi connectivity index (χ0n) is 11.4. The van der Waals surface area contributed by atoms with E-state index in [2.05, 4.69) is 0 Å². The second-order valence-corrected chi connectivity index (χ2v) is 3.93. The van der Waals surface area contributed by atoms with Crippen LogP contribution >= 0.6 is 0 Å². The van der Waals surface area contributed by atoms with E-state index in [1.807, 2.05) is 31.2 Å². The van der Waals surface area contributed by atoms with E-state index in [0.29, 0.717) is 13.2 Å². The van der Waals surface area contributed by atoms with Gasteiger partial charge in [-0.1, -0.05) is 12.1 Å². The molecule has 0 spiro atoms. The molecular formula is C14H21NO4. The van der Waals surface area contributed by atoms with Gasteiger partial charge in [0.05, 0.1) is 25.9 Å². The van der Waals surface area contributed by atoms with Crippen molar-refractivity contribution in [3.63, 3.8) is 0 Å². The number of hydrogen-bond acceptors (Lipinski definition) is 5. The molecule has 1 rings (SSSR count). The number of nitrogens with two attached hydrogens (primary N) is 1. The van der Waals surface area contributed by atoms with Crippen molar-refractivity contribution in [3.8, 4) is 5.75 Å². The maximum absolute atomic E-state index is 11.1. The van der Waals surface area contributed by atoms with E-state index < -0.39 is 0 Å². The average Bonchev–Trinajstić information content (AvgIpc) is 2.40. The first-order valence-corrected chi connectivity index (χ1v) is 6.39. The molecule has 0 fully saturated rings. The van der Waals surface area contributed by atoms with Gasteiger partial charge in [-0.15, -0.1) is 0 Å². The molecule has 1 unspecified atom stereocenters. The summed E-state index contributed by atoms with van der Waals surface area (Å²) in [5.74, 6) is 0.437. The monoisotopic (exact) mass is 267 g/mol. The van der Waals surface area contributed by atoms with Gasteiger partial charge in [0.15, 0.2) is 0 Å². The molecule has 0 heterocycles. The van der Waals surface area contributed by atoms with Crippen molar-refractivity contribution in [1.82, 2.24) is 0 Å². The van der Waals surface area contributed by atoms with Crippen LogP contribution in [0.5, 0.6) is 5.75 Å². The van der Waals surface area contributed by atoms with E-state index in [4.69, 9.17) is 19.9 Å². The van der Waals surface area contributed by atoms with Crippen LogP contribution in [0, 0.1) is 0 Å². The number of rotatable bonds is 8. The van der Waals surface area contributed by atoms with E-state index >= 15 is 0 Å². The highest BCUT2D eigenvalue weighted by molar-refractivity contribution is 5.70. The van der Waals surface area contributed by atoms with Crippen LogP contribution in [0.15, 0.2) is 24.3 Å². The SMILES string of the molecule is CCOC(=O)COCC(N)c1ccc(OCC)cc1. The van der Waals surface area contributed by atoms with Crippen LogP contribution in [-0.2, 0) is 14.3 Å². The fourth-order valence-electron chi connectivity index (χ4n) is 1.55. The third kappa shape index (κ3) is 5.72. The molecule has 0 amide bonds. The number of carbonyl (C=O) groups is 1. The lowest BCUT2D eigenvalue weighted by Gasteiger charge is -2.13. The van der Waals surface area contributed by atoms with E-state index in [1.54, 1.807) is 6.92 Å². The molecule has 2 N–H and O–H groups in total. The molecule has 1 aromatic rings. The fraction of sp³-hybridized carbons (Fsp3) is 0.500. The Morgan fingerprint density at radius 1 is 1.21 bits per heavy atom. The number of carbonyl (C=O) groups excluding carboxylic acids is 1. The van der Waals surface area contributed by atoms with Crippen LogP contribution < -0.4 is 10.5 Å². The van der Waals surface area contributed by atoms with Crippen LogP contribution in [0.2, 0.25) is 0 Å². The first-order chi connectivity index (χ1) is 9.17. The Hall–Kier alpha value is -1.59. The Bertz CT molecular complexity index is 378. The predicted octanol–water partition coefficient (Wildman–Crippen LogP) is 1.66. The third-order valence-corrected chi connectivity index (χ3v) is 2.44. The highest BCUT2D eigenvalue weighted by Crippen LogP contribution is 2.16. The predicted molar refractivity (Wildman–Crippen MR) is 72.0 cm³/mol. The molecule has 0 radical (unpaired) electrons. The Labute approximate surface area is 113 Å². The van der Waals surface area contributed by atoms with Gasteiger partial charge in [0.25, 0.3) is 0 Å². The molecule has 5 nitrogen and oxygen atoms in total. The Balaban J connectivity index is 2.36. The lowest BCUT2D eigenvalue weighted by atomic mass is 10.1. The lowest BCUT2D eigenvalue weighted by molar-refractivity contribution is -0.148. The van der Waals surface area contributed by atoms with Crippen molar-refractivity contribution in [2.45, 2.75) is 19.9 Å². The topological polar surface area (TPSA) is 70.8 Å². The molecule has 1 aromatic carbocycles. The Morgan fingerprint density at radius 3 is 2.47 bits per heavy atom. The summed E-state index contributed by atoms with van der Waals surface area (Å²) in [7, 11) is 0. The summed E-state index contributed by atoms with van der Waals surface area (Å²) >= 11 is 0. The van der Waals surface area contributed by atoms with Crippen LogP contribution in [0.25, 0.3) is 0 Å². The maximum Gasteiger partial charge on any atom is 0.332 e. The van der Waals surface area contributed by atoms with Crippen LogP contribution in [0.4, 0.5) is 0 Å². The van der Waals surface area contributed by atoms with Gasteiger partial charge in [0, 0.05) is 0 Å². The second-order valence-electron chi connectivity index (χ2n) is 3.93. The van der Waals surface area contributed by atoms with Gasteiger partial charge in [0.1, 0.15) is 12.4 Å². The summed E-state index contributed by atoms with van der Waals surface area (Å²) in [6.45, 7) is 4.87. The summed E-state index contributed by atoms with van der Waals surface area (Å²) in [4.78, 5) is 11.1. The summed E-state index contributed by atoms with van der Waals surface area (Å²) in [6.07, 6.45) is 0. The molecule has 1 atom stereocenters. The van der Waals surface area contributed by atoms with Crippen LogP contribution in [0.3, 0.4) is 0 Å². The molecule has 19 heavy (non-hydrogen) atoms. The minimum atomic E-state index is -0.374. The van der Waals surface area contributed by atoms with Gasteiger partial charge in [-0.05, 0) is 31.5 Å². The summed E-state index contributed by atoms with van der Waals surface area (Å²) < 4.78 is 15.3. The number of benzene rings is 1. The van der Waals surface area contributed by atoms with Gasteiger partial charge >= 0.3 is 5.97 Å². The molecule has 0 aromatic heterocycles. The van der Waals surface area contributed by atoms with E-state index in [0.717, 1.165) is 11.3 Å². The highest BCUT2D eigenvalue weighted by Gasteiger charge is 2.08. The molecule has 0 aliphatic rings.